The molecule has 2 fully saturated rings. The van der Waals surface area contributed by atoms with Crippen LogP contribution in [0.25, 0.3) is 0 Å². The van der Waals surface area contributed by atoms with Crippen LogP contribution in [0.4, 0.5) is 31.1 Å². The average molecular weight is 472 g/mol. The zero-order valence-corrected chi connectivity index (χ0v) is 16.9. The van der Waals surface area contributed by atoms with Crippen LogP contribution >= 0.6 is 0 Å². The van der Waals surface area contributed by atoms with Crippen LogP contribution in [0.15, 0.2) is 48.5 Å². The van der Waals surface area contributed by atoms with Crippen LogP contribution in [0.5, 0.6) is 0 Å². The minimum absolute atomic E-state index is 0.0615. The van der Waals surface area contributed by atoms with Gasteiger partial charge in [0, 0.05) is 5.41 Å². The minimum atomic E-state index is -4.95. The van der Waals surface area contributed by atoms with E-state index in [4.69, 9.17) is 4.74 Å². The van der Waals surface area contributed by atoms with Gasteiger partial charge in [-0.3, -0.25) is 10.1 Å². The smallest absolute Gasteiger partial charge is 0.376 e. The molecule has 11 heteroatoms. The zero-order chi connectivity index (χ0) is 24.1. The summed E-state index contributed by atoms with van der Waals surface area (Å²) >= 11 is 0. The molecule has 2 N–H and O–H groups in total. The summed E-state index contributed by atoms with van der Waals surface area (Å²) in [6.07, 6.45) is -9.54. The molecule has 5 nitrogen and oxygen atoms in total. The average Bonchev–Trinajstić information content (AvgIpc) is 3.00. The third-order valence-electron chi connectivity index (χ3n) is 5.98. The SMILES string of the molecule is O=C1NC(=O)[C@]2(C[C@@](COCc3cc(C(F)(F)F)cc(C(F)(F)F)c3)(c3ccccc3)C2)N1. The first-order valence-corrected chi connectivity index (χ1v) is 9.88. The Morgan fingerprint density at radius 1 is 0.879 bits per heavy atom. The Labute approximate surface area is 184 Å². The van der Waals surface area contributed by atoms with E-state index in [0.29, 0.717) is 12.1 Å². The van der Waals surface area contributed by atoms with E-state index in [1.54, 1.807) is 30.3 Å². The highest BCUT2D eigenvalue weighted by Gasteiger charge is 2.63. The molecular formula is C22H18F6N2O3. The van der Waals surface area contributed by atoms with Gasteiger partial charge in [0.2, 0.25) is 0 Å². The van der Waals surface area contributed by atoms with Crippen LogP contribution in [0.3, 0.4) is 0 Å². The third-order valence-corrected chi connectivity index (χ3v) is 5.98. The van der Waals surface area contributed by atoms with Gasteiger partial charge in [-0.05, 0) is 42.2 Å². The highest BCUT2D eigenvalue weighted by molar-refractivity contribution is 6.08. The maximum atomic E-state index is 13.1. The van der Waals surface area contributed by atoms with Gasteiger partial charge in [-0.2, -0.15) is 26.3 Å². The van der Waals surface area contributed by atoms with Gasteiger partial charge < -0.3 is 10.1 Å². The van der Waals surface area contributed by atoms with Gasteiger partial charge >= 0.3 is 18.4 Å². The van der Waals surface area contributed by atoms with Gasteiger partial charge in [0.05, 0.1) is 24.3 Å². The van der Waals surface area contributed by atoms with Crippen LogP contribution in [-0.2, 0) is 33.9 Å². The number of carbonyl (C=O) groups is 2. The highest BCUT2D eigenvalue weighted by atomic mass is 19.4. The van der Waals surface area contributed by atoms with Crippen LogP contribution in [0.1, 0.15) is 35.1 Å². The lowest BCUT2D eigenvalue weighted by molar-refractivity contribution is -0.143. The Morgan fingerprint density at radius 2 is 1.45 bits per heavy atom. The van der Waals surface area contributed by atoms with Crippen molar-refractivity contribution in [3.63, 3.8) is 0 Å². The first kappa shape index (κ1) is 23.1. The number of carbonyl (C=O) groups excluding carboxylic acids is 2. The molecule has 2 aliphatic rings. The van der Waals surface area contributed by atoms with E-state index in [0.717, 1.165) is 5.56 Å². The Kier molecular flexibility index (Phi) is 5.43. The Morgan fingerprint density at radius 3 is 1.94 bits per heavy atom. The molecule has 1 aliphatic carbocycles. The van der Waals surface area contributed by atoms with Crippen molar-refractivity contribution >= 4 is 11.9 Å². The first-order valence-electron chi connectivity index (χ1n) is 9.88. The van der Waals surface area contributed by atoms with E-state index in [1.165, 1.54) is 0 Å². The van der Waals surface area contributed by atoms with Crippen LogP contribution < -0.4 is 10.6 Å². The summed E-state index contributed by atoms with van der Waals surface area (Å²) in [5.74, 6) is -0.480. The lowest BCUT2D eigenvalue weighted by atomic mass is 9.54. The van der Waals surface area contributed by atoms with Gasteiger partial charge in [0.1, 0.15) is 5.54 Å². The number of halogens is 6. The fraction of sp³-hybridized carbons (Fsp3) is 0.364. The van der Waals surface area contributed by atoms with Crippen molar-refractivity contribution in [2.75, 3.05) is 6.61 Å². The van der Waals surface area contributed by atoms with Crippen molar-refractivity contribution in [3.05, 3.63) is 70.8 Å². The number of hydrogen-bond donors (Lipinski definition) is 2. The second kappa shape index (κ2) is 7.75. The van der Waals surface area contributed by atoms with Gasteiger partial charge in [-0.25, -0.2) is 4.79 Å². The molecule has 3 amide bonds. The number of amides is 3. The number of rotatable bonds is 5. The molecule has 0 unspecified atom stereocenters. The summed E-state index contributed by atoms with van der Waals surface area (Å²) in [5.41, 5.74) is -4.19. The van der Waals surface area contributed by atoms with E-state index >= 15 is 0 Å². The maximum Gasteiger partial charge on any atom is 0.416 e. The molecule has 176 valence electrons. The second-order valence-electron chi connectivity index (χ2n) is 8.40. The van der Waals surface area contributed by atoms with Crippen molar-refractivity contribution in [2.45, 2.75) is 42.8 Å². The molecule has 2 aromatic carbocycles. The van der Waals surface area contributed by atoms with Crippen LogP contribution in [0, 0.1) is 0 Å². The van der Waals surface area contributed by atoms with Gasteiger partial charge in [-0.1, -0.05) is 30.3 Å². The van der Waals surface area contributed by atoms with Crippen molar-refractivity contribution in [1.82, 2.24) is 10.6 Å². The zero-order valence-electron chi connectivity index (χ0n) is 16.9. The predicted molar refractivity (Wildman–Crippen MR) is 103 cm³/mol. The fourth-order valence-electron chi connectivity index (χ4n) is 4.53. The van der Waals surface area contributed by atoms with E-state index in [9.17, 15) is 35.9 Å². The molecule has 1 spiro atoms. The normalized spacial score (nSPS) is 25.0. The summed E-state index contributed by atoms with van der Waals surface area (Å²) in [4.78, 5) is 23.8. The van der Waals surface area contributed by atoms with E-state index in [1.807, 2.05) is 0 Å². The molecule has 2 aromatic rings. The monoisotopic (exact) mass is 472 g/mol. The minimum Gasteiger partial charge on any atom is -0.376 e. The maximum absolute atomic E-state index is 13.1. The van der Waals surface area contributed by atoms with Crippen LogP contribution in [0.2, 0.25) is 0 Å². The summed E-state index contributed by atoms with van der Waals surface area (Å²) in [6.45, 7) is -0.563. The number of imide groups is 1. The molecule has 1 saturated heterocycles. The van der Waals surface area contributed by atoms with E-state index in [2.05, 4.69) is 10.6 Å². The van der Waals surface area contributed by atoms with Crippen molar-refractivity contribution in [3.8, 4) is 0 Å². The Hall–Kier alpha value is -3.08. The highest BCUT2D eigenvalue weighted by Crippen LogP contribution is 2.52. The molecule has 0 radical (unpaired) electrons. The summed E-state index contributed by atoms with van der Waals surface area (Å²) in [5, 5.41) is 4.77. The number of nitrogens with one attached hydrogen (secondary N) is 2. The van der Waals surface area contributed by atoms with Gasteiger partial charge in [0.15, 0.2) is 0 Å². The number of alkyl halides is 6. The topological polar surface area (TPSA) is 67.4 Å². The Bertz CT molecular complexity index is 1040. The number of ether oxygens (including phenoxy) is 1. The molecule has 1 aliphatic heterocycles. The van der Waals surface area contributed by atoms with Crippen molar-refractivity contribution < 1.29 is 40.7 Å². The standard InChI is InChI=1S/C22H18F6N2O3/c23-21(24,25)15-6-13(7-16(8-15)22(26,27)28)9-33-12-19(14-4-2-1-3-5-14)10-20(11-19)17(31)29-18(32)30-20/h1-8H,9-12H2,(H2,29,30,31,32)/t19-,20-. The number of hydrogen-bond acceptors (Lipinski definition) is 3. The number of benzene rings is 2. The molecular weight excluding hydrogens is 454 g/mol. The Balaban J connectivity index is 1.55. The molecule has 1 heterocycles. The molecule has 0 bridgehead atoms. The largest absolute Gasteiger partial charge is 0.416 e. The van der Waals surface area contributed by atoms with Crippen molar-refractivity contribution in [2.24, 2.45) is 0 Å². The molecule has 0 atom stereocenters. The summed E-state index contributed by atoms with van der Waals surface area (Å²) < 4.78 is 84.1. The fourth-order valence-corrected chi connectivity index (χ4v) is 4.53. The molecule has 0 aromatic heterocycles. The lowest BCUT2D eigenvalue weighted by Gasteiger charge is -2.52. The first-order chi connectivity index (χ1) is 15.3. The van der Waals surface area contributed by atoms with E-state index in [-0.39, 0.29) is 31.1 Å². The van der Waals surface area contributed by atoms with E-state index < -0.39 is 53.0 Å². The van der Waals surface area contributed by atoms with Crippen molar-refractivity contribution in [1.29, 1.82) is 0 Å². The second-order valence-corrected chi connectivity index (χ2v) is 8.40. The van der Waals surface area contributed by atoms with Crippen LogP contribution in [-0.4, -0.2) is 24.1 Å². The predicted octanol–water partition coefficient (Wildman–Crippen LogP) is 4.55. The quantitative estimate of drug-likeness (QED) is 0.496. The lowest BCUT2D eigenvalue weighted by Crippen LogP contribution is -2.65. The molecule has 4 rings (SSSR count). The van der Waals surface area contributed by atoms with Gasteiger partial charge in [0.25, 0.3) is 5.91 Å². The molecule has 33 heavy (non-hydrogen) atoms. The summed E-state index contributed by atoms with van der Waals surface area (Å²) in [6, 6.07) is 9.56. The number of urea groups is 1. The summed E-state index contributed by atoms with van der Waals surface area (Å²) in [7, 11) is 0. The third kappa shape index (κ3) is 4.41. The molecule has 1 saturated carbocycles. The van der Waals surface area contributed by atoms with Gasteiger partial charge in [-0.15, -0.1) is 0 Å².